The third kappa shape index (κ3) is 4.26. The second kappa shape index (κ2) is 9.49. The molecule has 0 saturated carbocycles. The van der Waals surface area contributed by atoms with E-state index in [0.717, 1.165) is 50.4 Å². The predicted octanol–water partition coefficient (Wildman–Crippen LogP) is 7.24. The summed E-state index contributed by atoms with van der Waals surface area (Å²) < 4.78 is 14.6. The van der Waals surface area contributed by atoms with Crippen LogP contribution in [0, 0.1) is 12.7 Å². The van der Waals surface area contributed by atoms with Gasteiger partial charge in [-0.2, -0.15) is 5.10 Å². The summed E-state index contributed by atoms with van der Waals surface area (Å²) in [6, 6.07) is 14.8. The molecule has 2 heterocycles. The number of nitrogens with one attached hydrogen (secondary N) is 2. The molecule has 33 heavy (non-hydrogen) atoms. The van der Waals surface area contributed by atoms with Crippen molar-refractivity contribution >= 4 is 28.4 Å². The number of aromatic amines is 2. The molecule has 0 amide bonds. The fraction of sp³-hybridized carbons (Fsp3) is 0.0714. The Morgan fingerprint density at radius 1 is 1.06 bits per heavy atom. The highest BCUT2D eigenvalue weighted by Crippen LogP contribution is 2.34. The lowest BCUT2D eigenvalue weighted by Gasteiger charge is -2.08. The van der Waals surface area contributed by atoms with Crippen LogP contribution >= 0.6 is 0 Å². The number of nitrogens with zero attached hydrogens (tertiary/aromatic N) is 2. The number of aromatic nitrogens is 3. The molecule has 0 spiro atoms. The molecule has 0 atom stereocenters. The van der Waals surface area contributed by atoms with Gasteiger partial charge in [-0.15, -0.1) is 0 Å². The molecular weight excluding hydrogens is 411 g/mol. The van der Waals surface area contributed by atoms with Crippen LogP contribution in [0.15, 0.2) is 91.0 Å². The third-order valence-corrected chi connectivity index (χ3v) is 5.46. The normalized spacial score (nSPS) is 12.6. The minimum Gasteiger partial charge on any atom is -0.357 e. The van der Waals surface area contributed by atoms with Crippen LogP contribution in [0.2, 0.25) is 0 Å². The van der Waals surface area contributed by atoms with Gasteiger partial charge in [-0.25, -0.2) is 4.39 Å². The monoisotopic (exact) mass is 436 g/mol. The summed E-state index contributed by atoms with van der Waals surface area (Å²) in [5.41, 5.74) is 7.48. The lowest BCUT2D eigenvalue weighted by molar-refractivity contribution is 0.624. The highest BCUT2D eigenvalue weighted by Gasteiger charge is 2.18. The number of rotatable bonds is 7. The van der Waals surface area contributed by atoms with Gasteiger partial charge in [0.2, 0.25) is 0 Å². The number of hydrogen-bond acceptors (Lipinski definition) is 2. The fourth-order valence-electron chi connectivity index (χ4n) is 3.91. The maximum atomic E-state index is 14.6. The summed E-state index contributed by atoms with van der Waals surface area (Å²) in [5, 5.41) is 8.63. The Hall–Kier alpha value is -4.25. The zero-order chi connectivity index (χ0) is 23.4. The van der Waals surface area contributed by atoms with Crippen LogP contribution in [0.3, 0.4) is 0 Å². The van der Waals surface area contributed by atoms with Crippen LogP contribution in [0.25, 0.3) is 33.6 Å². The molecule has 0 bridgehead atoms. The van der Waals surface area contributed by atoms with Gasteiger partial charge in [-0.05, 0) is 43.7 Å². The Morgan fingerprint density at radius 3 is 2.61 bits per heavy atom. The predicted molar refractivity (Wildman–Crippen MR) is 137 cm³/mol. The smallest absolute Gasteiger partial charge is 0.131 e. The number of allylic oxidation sites excluding steroid dienone is 4. The zero-order valence-corrected chi connectivity index (χ0v) is 18.7. The van der Waals surface area contributed by atoms with Crippen LogP contribution in [0.5, 0.6) is 0 Å². The van der Waals surface area contributed by atoms with Gasteiger partial charge in [0, 0.05) is 34.0 Å². The molecule has 0 fully saturated rings. The Kier molecular flexibility index (Phi) is 6.31. The Bertz CT molecular complexity index is 1430. The molecular formula is C28H25FN4. The van der Waals surface area contributed by atoms with Gasteiger partial charge in [0.15, 0.2) is 0 Å². The number of H-pyrrole nitrogens is 2. The molecule has 2 N–H and O–H groups in total. The minimum absolute atomic E-state index is 0.276. The van der Waals surface area contributed by atoms with Crippen molar-refractivity contribution in [2.75, 3.05) is 0 Å². The van der Waals surface area contributed by atoms with E-state index in [1.165, 1.54) is 6.07 Å². The van der Waals surface area contributed by atoms with E-state index < -0.39 is 0 Å². The molecule has 4 rings (SSSR count). The second-order valence-electron chi connectivity index (χ2n) is 7.54. The van der Waals surface area contributed by atoms with Crippen LogP contribution in [-0.4, -0.2) is 21.4 Å². The average molecular weight is 437 g/mol. The molecule has 4 nitrogen and oxygen atoms in total. The molecule has 0 aliphatic rings. The SMILES string of the molecule is C=CC=N/C(=C\C)c1ccc2[nH]nc(-c3cc(/C(=C\C=C)c4ccccc4F)c(C)[nH]3)c2c1. The Labute approximate surface area is 192 Å². The standard InChI is InChI=1S/C28H25FN4/c1-5-10-20(21-11-8-9-12-24(21)29)22-17-27(31-18(22)4)28-23-16-19(13-14-26(23)32-33-28)25(7-3)30-15-6-2/h5-17,31H,1-2H2,3-4H3,(H,32,33)/b20-10-,25-7-,30-15?. The van der Waals surface area contributed by atoms with E-state index in [1.54, 1.807) is 30.5 Å². The van der Waals surface area contributed by atoms with Crippen molar-refractivity contribution in [2.45, 2.75) is 13.8 Å². The van der Waals surface area contributed by atoms with Gasteiger partial charge in [0.1, 0.15) is 11.5 Å². The number of aliphatic imine (C=N–C) groups is 1. The van der Waals surface area contributed by atoms with E-state index in [1.807, 2.05) is 50.3 Å². The maximum Gasteiger partial charge on any atom is 0.131 e. The lowest BCUT2D eigenvalue weighted by Crippen LogP contribution is -1.92. The lowest BCUT2D eigenvalue weighted by atomic mass is 9.97. The first-order valence-corrected chi connectivity index (χ1v) is 10.6. The summed E-state index contributed by atoms with van der Waals surface area (Å²) >= 11 is 0. The molecule has 2 aromatic heterocycles. The average Bonchev–Trinajstić information content (AvgIpc) is 3.41. The van der Waals surface area contributed by atoms with Crippen molar-refractivity contribution < 1.29 is 4.39 Å². The second-order valence-corrected chi connectivity index (χ2v) is 7.54. The first-order chi connectivity index (χ1) is 16.1. The molecule has 4 aromatic rings. The molecule has 0 unspecified atom stereocenters. The first-order valence-electron chi connectivity index (χ1n) is 10.6. The molecule has 5 heteroatoms. The van der Waals surface area contributed by atoms with Crippen LogP contribution in [-0.2, 0) is 0 Å². The van der Waals surface area contributed by atoms with Crippen LogP contribution in [0.1, 0.15) is 29.3 Å². The van der Waals surface area contributed by atoms with E-state index >= 15 is 0 Å². The summed E-state index contributed by atoms with van der Waals surface area (Å²) in [4.78, 5) is 7.88. The van der Waals surface area contributed by atoms with Crippen LogP contribution in [0.4, 0.5) is 4.39 Å². The van der Waals surface area contributed by atoms with Gasteiger partial charge in [-0.3, -0.25) is 10.1 Å². The zero-order valence-electron chi connectivity index (χ0n) is 18.7. The van der Waals surface area contributed by atoms with Crippen molar-refractivity contribution in [2.24, 2.45) is 4.99 Å². The quantitative estimate of drug-likeness (QED) is 0.233. The maximum absolute atomic E-state index is 14.6. The summed E-state index contributed by atoms with van der Waals surface area (Å²) in [7, 11) is 0. The van der Waals surface area contributed by atoms with Gasteiger partial charge in [0.25, 0.3) is 0 Å². The molecule has 0 aliphatic carbocycles. The molecule has 0 saturated heterocycles. The largest absolute Gasteiger partial charge is 0.357 e. The summed E-state index contributed by atoms with van der Waals surface area (Å²) in [6.07, 6.45) is 8.78. The molecule has 0 aliphatic heterocycles. The van der Waals surface area contributed by atoms with Gasteiger partial charge in [0.05, 0.1) is 16.9 Å². The van der Waals surface area contributed by atoms with E-state index in [0.29, 0.717) is 5.56 Å². The Morgan fingerprint density at radius 2 is 1.88 bits per heavy atom. The fourth-order valence-corrected chi connectivity index (χ4v) is 3.91. The molecule has 164 valence electrons. The van der Waals surface area contributed by atoms with Crippen molar-refractivity contribution in [3.63, 3.8) is 0 Å². The van der Waals surface area contributed by atoms with Crippen molar-refractivity contribution in [3.05, 3.63) is 114 Å². The van der Waals surface area contributed by atoms with E-state index in [2.05, 4.69) is 39.4 Å². The van der Waals surface area contributed by atoms with Gasteiger partial charge in [-0.1, -0.05) is 61.7 Å². The van der Waals surface area contributed by atoms with Crippen molar-refractivity contribution in [3.8, 4) is 11.4 Å². The molecule has 0 radical (unpaired) electrons. The van der Waals surface area contributed by atoms with Gasteiger partial charge >= 0.3 is 0 Å². The van der Waals surface area contributed by atoms with E-state index in [-0.39, 0.29) is 5.82 Å². The topological polar surface area (TPSA) is 56.8 Å². The Balaban J connectivity index is 1.83. The number of aryl methyl sites for hydroxylation is 1. The van der Waals surface area contributed by atoms with Crippen molar-refractivity contribution in [1.29, 1.82) is 0 Å². The summed E-state index contributed by atoms with van der Waals surface area (Å²) in [6.45, 7) is 11.4. The van der Waals surface area contributed by atoms with Crippen LogP contribution < -0.4 is 0 Å². The molecule has 2 aromatic carbocycles. The van der Waals surface area contributed by atoms with Crippen molar-refractivity contribution in [1.82, 2.24) is 15.2 Å². The third-order valence-electron chi connectivity index (χ3n) is 5.46. The van der Waals surface area contributed by atoms with E-state index in [9.17, 15) is 4.39 Å². The number of halogens is 1. The highest BCUT2D eigenvalue weighted by atomic mass is 19.1. The minimum atomic E-state index is -0.276. The first kappa shape index (κ1) is 22.0. The van der Waals surface area contributed by atoms with E-state index in [4.69, 9.17) is 0 Å². The highest BCUT2D eigenvalue weighted by molar-refractivity contribution is 5.96. The number of benzene rings is 2. The number of fused-ring (bicyclic) bond motifs is 1. The summed E-state index contributed by atoms with van der Waals surface area (Å²) in [5.74, 6) is -0.276. The van der Waals surface area contributed by atoms with Gasteiger partial charge < -0.3 is 4.98 Å². The number of hydrogen-bond donors (Lipinski definition) is 2.